The van der Waals surface area contributed by atoms with Crippen molar-refractivity contribution in [3.8, 4) is 5.75 Å². The van der Waals surface area contributed by atoms with Gasteiger partial charge in [-0.25, -0.2) is 0 Å². The number of pyridine rings is 1. The maximum atomic E-state index is 12.5. The molecule has 1 N–H and O–H groups in total. The molecule has 1 aliphatic rings. The number of para-hydroxylation sites is 1. The Bertz CT molecular complexity index is 809. The van der Waals surface area contributed by atoms with Gasteiger partial charge in [-0.2, -0.15) is 0 Å². The summed E-state index contributed by atoms with van der Waals surface area (Å²) in [5.74, 6) is 0.117. The molecule has 3 rings (SSSR count). The SMILES string of the molecule is COc1cn(CC(=O)Nc2ccccc2)c(CN2CCCCCC2)cc1=O. The zero-order chi connectivity index (χ0) is 19.1. The highest BCUT2D eigenvalue weighted by Crippen LogP contribution is 2.15. The summed E-state index contributed by atoms with van der Waals surface area (Å²) >= 11 is 0. The van der Waals surface area contributed by atoms with Crippen molar-refractivity contribution in [2.45, 2.75) is 38.8 Å². The van der Waals surface area contributed by atoms with Gasteiger partial charge in [-0.3, -0.25) is 14.5 Å². The van der Waals surface area contributed by atoms with Crippen LogP contribution in [0.3, 0.4) is 0 Å². The van der Waals surface area contributed by atoms with Crippen molar-refractivity contribution >= 4 is 11.6 Å². The van der Waals surface area contributed by atoms with Crippen molar-refractivity contribution in [3.63, 3.8) is 0 Å². The number of hydrogen-bond acceptors (Lipinski definition) is 4. The molecule has 2 heterocycles. The Balaban J connectivity index is 1.78. The van der Waals surface area contributed by atoms with Crippen LogP contribution in [0, 0.1) is 0 Å². The predicted molar refractivity (Wildman–Crippen MR) is 106 cm³/mol. The van der Waals surface area contributed by atoms with E-state index < -0.39 is 0 Å². The molecule has 2 aromatic rings. The van der Waals surface area contributed by atoms with E-state index in [9.17, 15) is 9.59 Å². The van der Waals surface area contributed by atoms with Crippen molar-refractivity contribution in [2.75, 3.05) is 25.5 Å². The minimum absolute atomic E-state index is 0.134. The normalized spacial score (nSPS) is 15.1. The lowest BCUT2D eigenvalue weighted by Gasteiger charge is -2.23. The molecule has 144 valence electrons. The van der Waals surface area contributed by atoms with Crippen LogP contribution < -0.4 is 15.5 Å². The monoisotopic (exact) mass is 369 g/mol. The Hall–Kier alpha value is -2.60. The first-order valence-electron chi connectivity index (χ1n) is 9.50. The average Bonchev–Trinajstić information content (AvgIpc) is 2.93. The van der Waals surface area contributed by atoms with Crippen LogP contribution in [0.4, 0.5) is 5.69 Å². The van der Waals surface area contributed by atoms with E-state index in [1.54, 1.807) is 12.3 Å². The lowest BCUT2D eigenvalue weighted by atomic mass is 10.2. The largest absolute Gasteiger partial charge is 0.491 e. The number of anilines is 1. The van der Waals surface area contributed by atoms with Crippen LogP contribution in [0.1, 0.15) is 31.4 Å². The fraction of sp³-hybridized carbons (Fsp3) is 0.429. The Morgan fingerprint density at radius 2 is 1.81 bits per heavy atom. The number of nitrogens with one attached hydrogen (secondary N) is 1. The Labute approximate surface area is 159 Å². The second kappa shape index (κ2) is 9.37. The number of ether oxygens (including phenoxy) is 1. The van der Waals surface area contributed by atoms with Gasteiger partial charge in [0, 0.05) is 24.0 Å². The number of carbonyl (C=O) groups excluding carboxylic acids is 1. The maximum Gasteiger partial charge on any atom is 0.244 e. The van der Waals surface area contributed by atoms with Gasteiger partial charge in [0.05, 0.1) is 13.3 Å². The molecule has 0 unspecified atom stereocenters. The van der Waals surface area contributed by atoms with Crippen LogP contribution in [-0.2, 0) is 17.9 Å². The second-order valence-electron chi connectivity index (χ2n) is 6.93. The zero-order valence-corrected chi connectivity index (χ0v) is 15.8. The van der Waals surface area contributed by atoms with Crippen LogP contribution in [0.5, 0.6) is 5.75 Å². The summed E-state index contributed by atoms with van der Waals surface area (Å²) in [6, 6.07) is 11.0. The molecule has 0 bridgehead atoms. The first kappa shape index (κ1) is 19.2. The van der Waals surface area contributed by atoms with Crippen molar-refractivity contribution in [1.29, 1.82) is 0 Å². The minimum atomic E-state index is -0.151. The smallest absolute Gasteiger partial charge is 0.244 e. The van der Waals surface area contributed by atoms with Crippen molar-refractivity contribution in [2.24, 2.45) is 0 Å². The summed E-state index contributed by atoms with van der Waals surface area (Å²) in [6.45, 7) is 2.85. The molecule has 0 spiro atoms. The summed E-state index contributed by atoms with van der Waals surface area (Å²) < 4.78 is 6.99. The van der Waals surface area contributed by atoms with Gasteiger partial charge >= 0.3 is 0 Å². The Kier molecular flexibility index (Phi) is 6.65. The lowest BCUT2D eigenvalue weighted by Crippen LogP contribution is -2.29. The van der Waals surface area contributed by atoms with E-state index in [0.717, 1.165) is 24.5 Å². The lowest BCUT2D eigenvalue weighted by molar-refractivity contribution is -0.116. The van der Waals surface area contributed by atoms with Gasteiger partial charge in [0.15, 0.2) is 5.75 Å². The molecule has 6 heteroatoms. The molecule has 27 heavy (non-hydrogen) atoms. The third kappa shape index (κ3) is 5.44. The minimum Gasteiger partial charge on any atom is -0.491 e. The zero-order valence-electron chi connectivity index (χ0n) is 15.8. The van der Waals surface area contributed by atoms with E-state index in [1.807, 2.05) is 34.9 Å². The summed E-state index contributed by atoms with van der Waals surface area (Å²) in [4.78, 5) is 27.1. The Morgan fingerprint density at radius 1 is 1.11 bits per heavy atom. The molecule has 1 aromatic carbocycles. The van der Waals surface area contributed by atoms with E-state index in [2.05, 4.69) is 10.2 Å². The first-order valence-corrected chi connectivity index (χ1v) is 9.50. The molecule has 1 aromatic heterocycles. The second-order valence-corrected chi connectivity index (χ2v) is 6.93. The molecule has 1 aliphatic heterocycles. The molecule has 0 saturated carbocycles. The van der Waals surface area contributed by atoms with Crippen LogP contribution in [0.2, 0.25) is 0 Å². The fourth-order valence-electron chi connectivity index (χ4n) is 3.43. The van der Waals surface area contributed by atoms with E-state index >= 15 is 0 Å². The molecule has 0 radical (unpaired) electrons. The van der Waals surface area contributed by atoms with Crippen molar-refractivity contribution in [1.82, 2.24) is 9.47 Å². The van der Waals surface area contributed by atoms with Gasteiger partial charge < -0.3 is 14.6 Å². The quantitative estimate of drug-likeness (QED) is 0.850. The van der Waals surface area contributed by atoms with Crippen LogP contribution >= 0.6 is 0 Å². The number of nitrogens with zero attached hydrogens (tertiary/aromatic N) is 2. The topological polar surface area (TPSA) is 63.6 Å². The number of hydrogen-bond donors (Lipinski definition) is 1. The predicted octanol–water partition coefficient (Wildman–Crippen LogP) is 2.87. The maximum absolute atomic E-state index is 12.5. The van der Waals surface area contributed by atoms with E-state index in [-0.39, 0.29) is 23.6 Å². The highest BCUT2D eigenvalue weighted by Gasteiger charge is 2.15. The van der Waals surface area contributed by atoms with Crippen LogP contribution in [-0.4, -0.2) is 35.6 Å². The number of benzene rings is 1. The number of likely N-dealkylation sites (tertiary alicyclic amines) is 1. The summed E-state index contributed by atoms with van der Waals surface area (Å²) in [7, 11) is 1.47. The standard InChI is InChI=1S/C21H27N3O3/c1-27-20-15-24(16-21(26)22-17-9-5-4-6-10-17)18(13-19(20)25)14-23-11-7-2-3-8-12-23/h4-6,9-10,13,15H,2-3,7-8,11-12,14,16H2,1H3,(H,22,26). The summed E-state index contributed by atoms with van der Waals surface area (Å²) in [5.41, 5.74) is 1.44. The van der Waals surface area contributed by atoms with Gasteiger partial charge in [0.25, 0.3) is 0 Å². The van der Waals surface area contributed by atoms with E-state index in [4.69, 9.17) is 4.74 Å². The summed E-state index contributed by atoms with van der Waals surface area (Å²) in [5, 5.41) is 2.89. The van der Waals surface area contributed by atoms with Gasteiger partial charge in [0.2, 0.25) is 11.3 Å². The Morgan fingerprint density at radius 3 is 2.48 bits per heavy atom. The first-order chi connectivity index (χ1) is 13.2. The molecular weight excluding hydrogens is 342 g/mol. The number of carbonyl (C=O) groups is 1. The highest BCUT2D eigenvalue weighted by molar-refractivity contribution is 5.90. The third-order valence-corrected chi connectivity index (χ3v) is 4.86. The molecule has 1 saturated heterocycles. The molecule has 1 fully saturated rings. The molecule has 1 amide bonds. The number of amides is 1. The van der Waals surface area contributed by atoms with Crippen LogP contribution in [0.15, 0.2) is 47.4 Å². The summed E-state index contributed by atoms with van der Waals surface area (Å²) in [6.07, 6.45) is 6.50. The molecule has 6 nitrogen and oxygen atoms in total. The molecular formula is C21H27N3O3. The van der Waals surface area contributed by atoms with E-state index in [0.29, 0.717) is 6.54 Å². The fourth-order valence-corrected chi connectivity index (χ4v) is 3.43. The van der Waals surface area contributed by atoms with Gasteiger partial charge in [-0.15, -0.1) is 0 Å². The van der Waals surface area contributed by atoms with Gasteiger partial charge in [-0.05, 0) is 38.1 Å². The number of aromatic nitrogens is 1. The number of methoxy groups -OCH3 is 1. The highest BCUT2D eigenvalue weighted by atomic mass is 16.5. The van der Waals surface area contributed by atoms with Gasteiger partial charge in [-0.1, -0.05) is 31.0 Å². The van der Waals surface area contributed by atoms with E-state index in [1.165, 1.54) is 32.8 Å². The van der Waals surface area contributed by atoms with Gasteiger partial charge in [0.1, 0.15) is 6.54 Å². The van der Waals surface area contributed by atoms with Crippen molar-refractivity contribution < 1.29 is 9.53 Å². The van der Waals surface area contributed by atoms with Crippen molar-refractivity contribution in [3.05, 3.63) is 58.5 Å². The molecule has 0 atom stereocenters. The molecule has 0 aliphatic carbocycles. The third-order valence-electron chi connectivity index (χ3n) is 4.86. The number of rotatable bonds is 6. The van der Waals surface area contributed by atoms with Crippen LogP contribution in [0.25, 0.3) is 0 Å². The average molecular weight is 369 g/mol.